The van der Waals surface area contributed by atoms with Gasteiger partial charge in [-0.1, -0.05) is 66.7 Å². The Bertz CT molecular complexity index is 1330. The summed E-state index contributed by atoms with van der Waals surface area (Å²) in [5.74, 6) is 0.0745. The molecule has 3 aromatic rings. The molecule has 3 N–H and O–H groups in total. The van der Waals surface area contributed by atoms with E-state index in [0.29, 0.717) is 28.1 Å². The summed E-state index contributed by atoms with van der Waals surface area (Å²) in [6.45, 7) is 0. The molecule has 3 aromatic carbocycles. The van der Waals surface area contributed by atoms with Crippen LogP contribution in [-0.4, -0.2) is 26.4 Å². The van der Waals surface area contributed by atoms with Gasteiger partial charge in [0.2, 0.25) is 0 Å². The number of benzene rings is 3. The van der Waals surface area contributed by atoms with E-state index in [1.807, 2.05) is 0 Å². The Hall–Kier alpha value is -3.49. The Morgan fingerprint density at radius 2 is 1.57 bits per heavy atom. The van der Waals surface area contributed by atoms with E-state index < -0.39 is 11.1 Å². The second kappa shape index (κ2) is 9.64. The van der Waals surface area contributed by atoms with Crippen LogP contribution >= 0.6 is 0 Å². The normalized spacial score (nSPS) is 16.4. The molecule has 0 heterocycles. The van der Waals surface area contributed by atoms with Crippen molar-refractivity contribution in [2.24, 2.45) is 0 Å². The summed E-state index contributed by atoms with van der Waals surface area (Å²) in [6.07, 6.45) is 5.36. The second-order valence-electron chi connectivity index (χ2n) is 8.96. The summed E-state index contributed by atoms with van der Waals surface area (Å²) in [7, 11) is 0. The highest BCUT2D eigenvalue weighted by Gasteiger charge is 2.35. The predicted octanol–water partition coefficient (Wildman–Crippen LogP) is 4.96. The van der Waals surface area contributed by atoms with Gasteiger partial charge in [-0.3, -0.25) is 13.8 Å². The molecular formula is C27H25N2O5S-. The molecule has 0 radical (unpaired) electrons. The SMILES string of the molecule is Nc1c(Oc2ccc(CS(=O)[O-])cc2)cc(NC2CCCCC2)c2c1C(=O)c1ccccc1C2=O. The first kappa shape index (κ1) is 23.3. The number of ketones is 2. The fourth-order valence-corrected chi connectivity index (χ4v) is 5.34. The minimum absolute atomic E-state index is 0.0905. The zero-order valence-corrected chi connectivity index (χ0v) is 19.9. The maximum absolute atomic E-state index is 13.5. The number of carbonyl (C=O) groups excluding carboxylic acids is 2. The molecule has 0 aromatic heterocycles. The Balaban J connectivity index is 1.58. The summed E-state index contributed by atoms with van der Waals surface area (Å²) >= 11 is -2.19. The van der Waals surface area contributed by atoms with Crippen LogP contribution in [0, 0.1) is 0 Å². The van der Waals surface area contributed by atoms with Gasteiger partial charge < -0.3 is 20.3 Å². The van der Waals surface area contributed by atoms with E-state index in [1.165, 1.54) is 6.42 Å². The van der Waals surface area contributed by atoms with E-state index in [2.05, 4.69) is 5.32 Å². The molecule has 2 aliphatic rings. The average molecular weight is 490 g/mol. The number of ether oxygens (including phenoxy) is 1. The number of fused-ring (bicyclic) bond motifs is 2. The van der Waals surface area contributed by atoms with Crippen molar-refractivity contribution < 1.29 is 23.1 Å². The molecule has 1 saturated carbocycles. The summed E-state index contributed by atoms with van der Waals surface area (Å²) in [4.78, 5) is 27.0. The van der Waals surface area contributed by atoms with Gasteiger partial charge in [-0.2, -0.15) is 0 Å². The number of carbonyl (C=O) groups is 2. The minimum Gasteiger partial charge on any atom is -0.772 e. The lowest BCUT2D eigenvalue weighted by Crippen LogP contribution is -2.28. The zero-order valence-electron chi connectivity index (χ0n) is 19.0. The lowest BCUT2D eigenvalue weighted by molar-refractivity contribution is 0.0980. The number of nitrogens with one attached hydrogen (secondary N) is 1. The molecule has 0 spiro atoms. The van der Waals surface area contributed by atoms with Gasteiger partial charge in [-0.15, -0.1) is 0 Å². The van der Waals surface area contributed by atoms with Gasteiger partial charge in [0.25, 0.3) is 0 Å². The van der Waals surface area contributed by atoms with Gasteiger partial charge >= 0.3 is 0 Å². The molecule has 1 atom stereocenters. The van der Waals surface area contributed by atoms with Gasteiger partial charge in [0, 0.05) is 29.0 Å². The van der Waals surface area contributed by atoms with Crippen LogP contribution < -0.4 is 15.8 Å². The van der Waals surface area contributed by atoms with E-state index in [9.17, 15) is 18.4 Å². The highest BCUT2D eigenvalue weighted by Crippen LogP contribution is 2.42. The van der Waals surface area contributed by atoms with Crippen molar-refractivity contribution in [1.82, 2.24) is 0 Å². The predicted molar refractivity (Wildman–Crippen MR) is 134 cm³/mol. The van der Waals surface area contributed by atoms with Crippen molar-refractivity contribution >= 4 is 34.0 Å². The lowest BCUT2D eigenvalue weighted by Gasteiger charge is -2.28. The van der Waals surface area contributed by atoms with Crippen molar-refractivity contribution in [3.05, 3.63) is 82.4 Å². The maximum Gasteiger partial charge on any atom is 0.196 e. The number of hydrogen-bond donors (Lipinski definition) is 2. The molecule has 0 bridgehead atoms. The topological polar surface area (TPSA) is 122 Å². The van der Waals surface area contributed by atoms with E-state index in [0.717, 1.165) is 25.7 Å². The number of hydrogen-bond acceptors (Lipinski definition) is 7. The third-order valence-corrected chi connectivity index (χ3v) is 7.17. The Labute approximate surface area is 206 Å². The second-order valence-corrected chi connectivity index (χ2v) is 9.86. The third kappa shape index (κ3) is 4.59. The monoisotopic (exact) mass is 489 g/mol. The van der Waals surface area contributed by atoms with E-state index in [-0.39, 0.29) is 45.9 Å². The minimum atomic E-state index is -2.19. The van der Waals surface area contributed by atoms with E-state index in [4.69, 9.17) is 10.5 Å². The quantitative estimate of drug-likeness (QED) is 0.290. The van der Waals surface area contributed by atoms with Gasteiger partial charge in [-0.05, 0) is 30.5 Å². The fourth-order valence-electron chi connectivity index (χ4n) is 4.88. The van der Waals surface area contributed by atoms with Crippen molar-refractivity contribution in [1.29, 1.82) is 0 Å². The van der Waals surface area contributed by atoms with Crippen LogP contribution in [0.5, 0.6) is 11.5 Å². The highest BCUT2D eigenvalue weighted by atomic mass is 32.2. The Morgan fingerprint density at radius 3 is 2.20 bits per heavy atom. The van der Waals surface area contributed by atoms with Crippen molar-refractivity contribution in [3.8, 4) is 11.5 Å². The smallest absolute Gasteiger partial charge is 0.196 e. The summed E-state index contributed by atoms with van der Waals surface area (Å²) < 4.78 is 28.0. The summed E-state index contributed by atoms with van der Waals surface area (Å²) in [5, 5.41) is 3.50. The summed E-state index contributed by atoms with van der Waals surface area (Å²) in [5.41, 5.74) is 8.87. The zero-order chi connectivity index (χ0) is 24.5. The summed E-state index contributed by atoms with van der Waals surface area (Å²) in [6, 6.07) is 15.3. The van der Waals surface area contributed by atoms with Crippen LogP contribution in [-0.2, 0) is 16.8 Å². The van der Waals surface area contributed by atoms with Crippen molar-refractivity contribution in [2.75, 3.05) is 11.1 Å². The number of nitrogens with two attached hydrogens (primary N) is 1. The molecule has 0 aliphatic heterocycles. The van der Waals surface area contributed by atoms with Gasteiger partial charge in [0.1, 0.15) is 5.75 Å². The molecule has 2 aliphatic carbocycles. The van der Waals surface area contributed by atoms with Gasteiger partial charge in [0.05, 0.1) is 22.5 Å². The van der Waals surface area contributed by atoms with Crippen LogP contribution in [0.1, 0.15) is 69.5 Å². The first-order valence-electron chi connectivity index (χ1n) is 11.7. The van der Waals surface area contributed by atoms with Crippen LogP contribution in [0.2, 0.25) is 0 Å². The van der Waals surface area contributed by atoms with Gasteiger partial charge in [0.15, 0.2) is 17.3 Å². The van der Waals surface area contributed by atoms with Crippen LogP contribution in [0.25, 0.3) is 0 Å². The van der Waals surface area contributed by atoms with Crippen LogP contribution in [0.15, 0.2) is 54.6 Å². The van der Waals surface area contributed by atoms with Crippen LogP contribution in [0.4, 0.5) is 11.4 Å². The first-order valence-corrected chi connectivity index (χ1v) is 12.9. The molecule has 5 rings (SSSR count). The van der Waals surface area contributed by atoms with Crippen molar-refractivity contribution in [2.45, 2.75) is 43.9 Å². The third-order valence-electron chi connectivity index (χ3n) is 6.60. The molecule has 180 valence electrons. The van der Waals surface area contributed by atoms with E-state index in [1.54, 1.807) is 54.6 Å². The molecule has 1 fully saturated rings. The molecule has 7 nitrogen and oxygen atoms in total. The molecule has 35 heavy (non-hydrogen) atoms. The van der Waals surface area contributed by atoms with Crippen LogP contribution in [0.3, 0.4) is 0 Å². The molecule has 1 unspecified atom stereocenters. The number of rotatable bonds is 6. The molecule has 0 amide bonds. The van der Waals surface area contributed by atoms with Gasteiger partial charge in [-0.25, -0.2) is 0 Å². The first-order chi connectivity index (χ1) is 16.9. The highest BCUT2D eigenvalue weighted by molar-refractivity contribution is 7.78. The fraction of sp³-hybridized carbons (Fsp3) is 0.259. The molecule has 0 saturated heterocycles. The molecular weight excluding hydrogens is 464 g/mol. The largest absolute Gasteiger partial charge is 0.772 e. The average Bonchev–Trinajstić information content (AvgIpc) is 2.86. The molecule has 8 heteroatoms. The van der Waals surface area contributed by atoms with Crippen molar-refractivity contribution in [3.63, 3.8) is 0 Å². The van der Waals surface area contributed by atoms with E-state index >= 15 is 0 Å². The Kier molecular flexibility index (Phi) is 6.40. The number of anilines is 2. The lowest BCUT2D eigenvalue weighted by atomic mass is 9.81. The maximum atomic E-state index is 13.5. The standard InChI is InChI=1S/C27H26N2O5S/c28-25-22(34-18-12-10-16(11-13-18)15-35(32)33)14-21(29-17-6-2-1-3-7-17)23-24(25)27(31)20-9-5-4-8-19(20)26(23)30/h4-5,8-14,17,29H,1-3,6-7,15,28H2,(H,32,33)/p-1. The number of nitrogen functional groups attached to an aromatic ring is 1. The Morgan fingerprint density at radius 1 is 0.943 bits per heavy atom.